The van der Waals surface area contributed by atoms with Crippen molar-refractivity contribution in [3.05, 3.63) is 12.2 Å². The molecule has 0 rings (SSSR count). The molecule has 2 atom stereocenters. The Bertz CT molecular complexity index is 1100. The molecule has 0 radical (unpaired) electrons. The Hall–Kier alpha value is -1.40. The van der Waals surface area contributed by atoms with Gasteiger partial charge in [0.05, 0.1) is 25.4 Å². The van der Waals surface area contributed by atoms with Gasteiger partial charge in [-0.05, 0) is 51.4 Å². The largest absolute Gasteiger partial charge is 0.466 e. The van der Waals surface area contributed by atoms with Crippen LogP contribution >= 0.6 is 0 Å². The van der Waals surface area contributed by atoms with E-state index in [0.29, 0.717) is 25.9 Å². The summed E-state index contributed by atoms with van der Waals surface area (Å²) < 4.78 is 5.49. The van der Waals surface area contributed by atoms with Crippen LogP contribution < -0.4 is 5.32 Å². The van der Waals surface area contributed by atoms with Crippen LogP contribution in [0.25, 0.3) is 0 Å². The molecule has 0 fully saturated rings. The highest BCUT2D eigenvalue weighted by molar-refractivity contribution is 5.76. The maximum absolute atomic E-state index is 12.5. The standard InChI is InChI=1S/C67H131NO5/c1-3-5-7-9-11-13-15-17-19-21-22-23-24-25-28-31-35-39-43-47-51-55-59-65(70)64(63-69)68-66(71)60-56-52-48-44-40-36-32-29-26-30-34-38-42-46-50-54-58-62-73-67(72)61-57-53-49-45-41-37-33-27-20-18-16-14-12-10-8-6-4-2/h18,20,64-65,69-70H,3-17,19,21-63H2,1-2H3,(H,68,71)/b20-18-. The van der Waals surface area contributed by atoms with Gasteiger partial charge in [-0.1, -0.05) is 328 Å². The van der Waals surface area contributed by atoms with Crippen molar-refractivity contribution in [3.63, 3.8) is 0 Å². The lowest BCUT2D eigenvalue weighted by molar-refractivity contribution is -0.143. The van der Waals surface area contributed by atoms with E-state index < -0.39 is 12.1 Å². The molecule has 2 unspecified atom stereocenters. The molecule has 0 aliphatic heterocycles. The maximum Gasteiger partial charge on any atom is 0.305 e. The van der Waals surface area contributed by atoms with E-state index >= 15 is 0 Å². The number of carbonyl (C=O) groups excluding carboxylic acids is 2. The van der Waals surface area contributed by atoms with Gasteiger partial charge in [0, 0.05) is 12.8 Å². The Morgan fingerprint density at radius 2 is 0.644 bits per heavy atom. The average Bonchev–Trinajstić information content (AvgIpc) is 3.39. The number of hydrogen-bond donors (Lipinski definition) is 3. The van der Waals surface area contributed by atoms with Crippen molar-refractivity contribution in [2.75, 3.05) is 13.2 Å². The van der Waals surface area contributed by atoms with Gasteiger partial charge in [-0.25, -0.2) is 0 Å². The molecule has 0 aliphatic rings. The summed E-state index contributed by atoms with van der Waals surface area (Å²) in [5, 5.41) is 23.4. The van der Waals surface area contributed by atoms with Crippen molar-refractivity contribution in [3.8, 4) is 0 Å². The zero-order valence-electron chi connectivity index (χ0n) is 49.6. The Balaban J connectivity index is 3.40. The Labute approximate surface area is 457 Å². The molecule has 0 aromatic heterocycles. The van der Waals surface area contributed by atoms with Crippen molar-refractivity contribution >= 4 is 11.9 Å². The highest BCUT2D eigenvalue weighted by Crippen LogP contribution is 2.19. The first kappa shape index (κ1) is 71.6. The number of esters is 1. The third-order valence-corrected chi connectivity index (χ3v) is 15.8. The zero-order valence-corrected chi connectivity index (χ0v) is 49.6. The van der Waals surface area contributed by atoms with Crippen LogP contribution in [-0.2, 0) is 14.3 Å². The number of aliphatic hydroxyl groups is 2. The first-order valence-electron chi connectivity index (χ1n) is 33.4. The van der Waals surface area contributed by atoms with E-state index in [1.165, 1.54) is 302 Å². The SMILES string of the molecule is CCCCCCCC/C=C\CCCCCCCCCC(=O)OCCCCCCCCCCCCCCCCCCCC(=O)NC(CO)C(O)CCCCCCCCCCCCCCCCCCCCCCCC. The number of nitrogens with one attached hydrogen (secondary N) is 1. The number of aliphatic hydroxyl groups excluding tert-OH is 2. The molecule has 0 spiro atoms. The number of amides is 1. The van der Waals surface area contributed by atoms with Gasteiger partial charge < -0.3 is 20.3 Å². The normalized spacial score (nSPS) is 12.5. The highest BCUT2D eigenvalue weighted by Gasteiger charge is 2.20. The van der Waals surface area contributed by atoms with Crippen LogP contribution in [0, 0.1) is 0 Å². The molecule has 0 bridgehead atoms. The average molecular weight is 1030 g/mol. The third-order valence-electron chi connectivity index (χ3n) is 15.8. The molecule has 0 aliphatic carbocycles. The quantitative estimate of drug-likeness (QED) is 0.0320. The van der Waals surface area contributed by atoms with E-state index in [2.05, 4.69) is 31.3 Å². The van der Waals surface area contributed by atoms with Crippen LogP contribution in [0.1, 0.15) is 380 Å². The van der Waals surface area contributed by atoms with Crippen LogP contribution in [0.4, 0.5) is 0 Å². The third kappa shape index (κ3) is 59.7. The van der Waals surface area contributed by atoms with Gasteiger partial charge in [0.25, 0.3) is 0 Å². The predicted molar refractivity (Wildman–Crippen MR) is 320 cm³/mol. The van der Waals surface area contributed by atoms with E-state index in [1.54, 1.807) is 0 Å². The van der Waals surface area contributed by atoms with Gasteiger partial charge in [0.1, 0.15) is 0 Å². The van der Waals surface area contributed by atoms with Crippen molar-refractivity contribution in [1.29, 1.82) is 0 Å². The molecule has 0 saturated carbocycles. The van der Waals surface area contributed by atoms with Crippen LogP contribution in [0.15, 0.2) is 12.2 Å². The molecular formula is C67H131NO5. The van der Waals surface area contributed by atoms with Gasteiger partial charge in [0.2, 0.25) is 5.91 Å². The molecule has 0 aromatic rings. The predicted octanol–water partition coefficient (Wildman–Crippen LogP) is 21.2. The molecular weight excluding hydrogens is 899 g/mol. The van der Waals surface area contributed by atoms with E-state index in [-0.39, 0.29) is 18.5 Å². The number of carbonyl (C=O) groups is 2. The van der Waals surface area contributed by atoms with E-state index in [1.807, 2.05) is 0 Å². The van der Waals surface area contributed by atoms with Crippen LogP contribution in [0.3, 0.4) is 0 Å². The van der Waals surface area contributed by atoms with Crippen molar-refractivity contribution in [1.82, 2.24) is 5.32 Å². The summed E-state index contributed by atoms with van der Waals surface area (Å²) in [7, 11) is 0. The van der Waals surface area contributed by atoms with Crippen molar-refractivity contribution in [2.24, 2.45) is 0 Å². The lowest BCUT2D eigenvalue weighted by Crippen LogP contribution is -2.45. The lowest BCUT2D eigenvalue weighted by atomic mass is 10.0. The molecule has 3 N–H and O–H groups in total. The lowest BCUT2D eigenvalue weighted by Gasteiger charge is -2.22. The smallest absolute Gasteiger partial charge is 0.305 e. The van der Waals surface area contributed by atoms with Crippen molar-refractivity contribution in [2.45, 2.75) is 392 Å². The fraction of sp³-hybridized carbons (Fsp3) is 0.940. The molecule has 1 amide bonds. The van der Waals surface area contributed by atoms with E-state index in [4.69, 9.17) is 4.74 Å². The number of hydrogen-bond acceptors (Lipinski definition) is 5. The molecule has 434 valence electrons. The minimum atomic E-state index is -0.669. The van der Waals surface area contributed by atoms with E-state index in [9.17, 15) is 19.8 Å². The first-order valence-corrected chi connectivity index (χ1v) is 33.4. The summed E-state index contributed by atoms with van der Waals surface area (Å²) in [6.07, 6.45) is 76.6. The van der Waals surface area contributed by atoms with Crippen LogP contribution in [0.5, 0.6) is 0 Å². The fourth-order valence-corrected chi connectivity index (χ4v) is 10.7. The Kier molecular flexibility index (Phi) is 61.9. The van der Waals surface area contributed by atoms with Gasteiger partial charge in [-0.2, -0.15) is 0 Å². The molecule has 6 heteroatoms. The Morgan fingerprint density at radius 1 is 0.370 bits per heavy atom. The minimum Gasteiger partial charge on any atom is -0.466 e. The maximum atomic E-state index is 12.5. The Morgan fingerprint density at radius 3 is 0.973 bits per heavy atom. The minimum absolute atomic E-state index is 0.00344. The summed E-state index contributed by atoms with van der Waals surface area (Å²) in [6, 6.07) is -0.546. The summed E-state index contributed by atoms with van der Waals surface area (Å²) in [5.74, 6) is -0.0323. The van der Waals surface area contributed by atoms with Crippen LogP contribution in [-0.4, -0.2) is 47.4 Å². The van der Waals surface area contributed by atoms with Crippen molar-refractivity contribution < 1.29 is 24.5 Å². The molecule has 0 aromatic carbocycles. The van der Waals surface area contributed by atoms with Gasteiger partial charge in [0.15, 0.2) is 0 Å². The topological polar surface area (TPSA) is 95.9 Å². The van der Waals surface area contributed by atoms with Gasteiger partial charge in [-0.3, -0.25) is 9.59 Å². The summed E-state index contributed by atoms with van der Waals surface area (Å²) >= 11 is 0. The summed E-state index contributed by atoms with van der Waals surface area (Å²) in [5.41, 5.74) is 0. The number of ether oxygens (including phenoxy) is 1. The van der Waals surface area contributed by atoms with Gasteiger partial charge in [-0.15, -0.1) is 0 Å². The zero-order chi connectivity index (χ0) is 52.9. The molecule has 6 nitrogen and oxygen atoms in total. The fourth-order valence-electron chi connectivity index (χ4n) is 10.7. The summed E-state index contributed by atoms with van der Waals surface area (Å²) in [4.78, 5) is 24.6. The van der Waals surface area contributed by atoms with E-state index in [0.717, 1.165) is 44.9 Å². The van der Waals surface area contributed by atoms with Crippen LogP contribution in [0.2, 0.25) is 0 Å². The monoisotopic (exact) mass is 1030 g/mol. The number of allylic oxidation sites excluding steroid dienone is 2. The molecule has 73 heavy (non-hydrogen) atoms. The second kappa shape index (κ2) is 63.1. The summed E-state index contributed by atoms with van der Waals surface area (Å²) in [6.45, 7) is 4.97. The highest BCUT2D eigenvalue weighted by atomic mass is 16.5. The number of rotatable bonds is 63. The second-order valence-electron chi connectivity index (χ2n) is 23.2. The first-order chi connectivity index (χ1) is 36.0. The second-order valence-corrected chi connectivity index (χ2v) is 23.2. The van der Waals surface area contributed by atoms with Gasteiger partial charge >= 0.3 is 5.97 Å². The number of unbranched alkanes of at least 4 members (excludes halogenated alkanes) is 50. The molecule has 0 saturated heterocycles. The molecule has 0 heterocycles.